The van der Waals surface area contributed by atoms with Gasteiger partial charge in [0.15, 0.2) is 0 Å². The van der Waals surface area contributed by atoms with E-state index in [2.05, 4.69) is 0 Å². The molecule has 2 rings (SSSR count). The first-order chi connectivity index (χ1) is 9.63. The second kappa shape index (κ2) is 5.88. The summed E-state index contributed by atoms with van der Waals surface area (Å²) in [5, 5.41) is 27.5. The van der Waals surface area contributed by atoms with Crippen molar-refractivity contribution in [3.8, 4) is 23.6 Å². The number of hydrogen-bond donors (Lipinski definition) is 1. The predicted molar refractivity (Wildman–Crippen MR) is 73.0 cm³/mol. The molecule has 0 heterocycles. The number of ether oxygens (including phenoxy) is 1. The fourth-order valence-electron chi connectivity index (χ4n) is 1.79. The number of rotatable bonds is 3. The predicted octanol–water partition coefficient (Wildman–Crippen LogP) is 3.28. The van der Waals surface area contributed by atoms with Crippen LogP contribution in [0.5, 0.6) is 11.5 Å². The van der Waals surface area contributed by atoms with Crippen molar-refractivity contribution < 1.29 is 9.84 Å². The number of aliphatic hydroxyl groups is 1. The van der Waals surface area contributed by atoms with Gasteiger partial charge in [-0.25, -0.2) is 0 Å². The van der Waals surface area contributed by atoms with E-state index < -0.39 is 6.10 Å². The molecule has 0 amide bonds. The van der Waals surface area contributed by atoms with Gasteiger partial charge in [-0.05, 0) is 37.3 Å². The second-order valence-electron chi connectivity index (χ2n) is 4.28. The molecule has 4 nitrogen and oxygen atoms in total. The number of aliphatic hydroxyl groups excluding tert-OH is 1. The van der Waals surface area contributed by atoms with Crippen LogP contribution in [0.25, 0.3) is 0 Å². The van der Waals surface area contributed by atoms with Gasteiger partial charge in [-0.3, -0.25) is 0 Å². The van der Waals surface area contributed by atoms with Crippen LogP contribution in [-0.2, 0) is 0 Å². The largest absolute Gasteiger partial charge is 0.457 e. The molecule has 0 spiro atoms. The average molecular weight is 264 g/mol. The molecular formula is C16H12N2O2. The van der Waals surface area contributed by atoms with Crippen LogP contribution in [0.15, 0.2) is 42.5 Å². The minimum atomic E-state index is -0.711. The van der Waals surface area contributed by atoms with Gasteiger partial charge < -0.3 is 9.84 Å². The van der Waals surface area contributed by atoms with Crippen molar-refractivity contribution in [3.05, 3.63) is 59.2 Å². The van der Waals surface area contributed by atoms with E-state index >= 15 is 0 Å². The highest BCUT2D eigenvalue weighted by atomic mass is 16.5. The Balaban J connectivity index is 2.41. The fourth-order valence-corrected chi connectivity index (χ4v) is 1.79. The zero-order valence-corrected chi connectivity index (χ0v) is 10.9. The second-order valence-corrected chi connectivity index (χ2v) is 4.28. The number of nitriles is 2. The van der Waals surface area contributed by atoms with Crippen LogP contribution in [0, 0.1) is 22.7 Å². The highest BCUT2D eigenvalue weighted by Gasteiger charge is 2.11. The van der Waals surface area contributed by atoms with Gasteiger partial charge in [0.25, 0.3) is 0 Å². The first kappa shape index (κ1) is 13.6. The van der Waals surface area contributed by atoms with Gasteiger partial charge in [-0.15, -0.1) is 0 Å². The Kier molecular flexibility index (Phi) is 4.00. The maximum absolute atomic E-state index is 9.73. The van der Waals surface area contributed by atoms with E-state index in [-0.39, 0.29) is 0 Å². The molecular weight excluding hydrogens is 252 g/mol. The third-order valence-corrected chi connectivity index (χ3v) is 2.78. The van der Waals surface area contributed by atoms with Crippen molar-refractivity contribution in [2.45, 2.75) is 13.0 Å². The van der Waals surface area contributed by atoms with Crippen molar-refractivity contribution in [2.24, 2.45) is 0 Å². The smallest absolute Gasteiger partial charge is 0.134 e. The summed E-state index contributed by atoms with van der Waals surface area (Å²) in [4.78, 5) is 0. The Morgan fingerprint density at radius 2 is 1.75 bits per heavy atom. The molecule has 0 unspecified atom stereocenters. The Morgan fingerprint density at radius 1 is 1.05 bits per heavy atom. The molecule has 2 aromatic carbocycles. The van der Waals surface area contributed by atoms with Gasteiger partial charge in [0, 0.05) is 5.56 Å². The van der Waals surface area contributed by atoms with E-state index in [0.717, 1.165) is 0 Å². The zero-order valence-electron chi connectivity index (χ0n) is 10.9. The van der Waals surface area contributed by atoms with Crippen LogP contribution in [0.4, 0.5) is 0 Å². The summed E-state index contributed by atoms with van der Waals surface area (Å²) in [5.74, 6) is 0.898. The van der Waals surface area contributed by atoms with Crippen molar-refractivity contribution in [2.75, 3.05) is 0 Å². The summed E-state index contributed by atoms with van der Waals surface area (Å²) >= 11 is 0. The molecule has 1 N–H and O–H groups in total. The van der Waals surface area contributed by atoms with Gasteiger partial charge >= 0.3 is 0 Å². The molecule has 0 radical (unpaired) electrons. The molecule has 4 heteroatoms. The summed E-state index contributed by atoms with van der Waals surface area (Å²) in [6, 6.07) is 15.6. The molecule has 0 saturated heterocycles. The zero-order chi connectivity index (χ0) is 14.5. The number of nitrogens with zero attached hydrogens (tertiary/aromatic N) is 2. The van der Waals surface area contributed by atoms with Gasteiger partial charge in [0.1, 0.15) is 11.5 Å². The molecule has 0 bridgehead atoms. The molecule has 2 aromatic rings. The van der Waals surface area contributed by atoms with Gasteiger partial charge in [-0.2, -0.15) is 10.5 Å². The summed E-state index contributed by atoms with van der Waals surface area (Å²) in [7, 11) is 0. The SMILES string of the molecule is C[C@H](O)c1ccc(C#N)cc1Oc1cccc(C#N)c1. The third kappa shape index (κ3) is 2.95. The Labute approximate surface area is 117 Å². The van der Waals surface area contributed by atoms with Gasteiger partial charge in [0.05, 0.1) is 29.4 Å². The summed E-state index contributed by atoms with van der Waals surface area (Å²) in [6.07, 6.45) is -0.711. The minimum absolute atomic E-state index is 0.411. The highest BCUT2D eigenvalue weighted by molar-refractivity contribution is 5.46. The van der Waals surface area contributed by atoms with E-state index in [4.69, 9.17) is 15.3 Å². The fraction of sp³-hybridized carbons (Fsp3) is 0.125. The Hall–Kier alpha value is -2.82. The molecule has 0 aliphatic heterocycles. The Bertz CT molecular complexity index is 709. The van der Waals surface area contributed by atoms with Crippen LogP contribution < -0.4 is 4.74 Å². The van der Waals surface area contributed by atoms with Crippen molar-refractivity contribution in [1.82, 2.24) is 0 Å². The third-order valence-electron chi connectivity index (χ3n) is 2.78. The maximum atomic E-state index is 9.73. The van der Waals surface area contributed by atoms with Crippen LogP contribution in [0.2, 0.25) is 0 Å². The van der Waals surface area contributed by atoms with Crippen LogP contribution in [-0.4, -0.2) is 5.11 Å². The monoisotopic (exact) mass is 264 g/mol. The molecule has 98 valence electrons. The number of benzene rings is 2. The standard InChI is InChI=1S/C16H12N2O2/c1-11(19)15-6-5-13(10-18)8-16(15)20-14-4-2-3-12(7-14)9-17/h2-8,11,19H,1H3/t11-/m0/s1. The minimum Gasteiger partial charge on any atom is -0.457 e. The van der Waals surface area contributed by atoms with E-state index in [9.17, 15) is 5.11 Å². The van der Waals surface area contributed by atoms with E-state index in [0.29, 0.717) is 28.2 Å². The molecule has 0 saturated carbocycles. The lowest BCUT2D eigenvalue weighted by atomic mass is 10.1. The molecule has 0 aliphatic rings. The van der Waals surface area contributed by atoms with Gasteiger partial charge in [-0.1, -0.05) is 12.1 Å². The lowest BCUT2D eigenvalue weighted by Crippen LogP contribution is -1.97. The van der Waals surface area contributed by atoms with Crippen LogP contribution in [0.3, 0.4) is 0 Å². The maximum Gasteiger partial charge on any atom is 0.134 e. The molecule has 1 atom stereocenters. The quantitative estimate of drug-likeness (QED) is 0.922. The van der Waals surface area contributed by atoms with E-state index in [1.807, 2.05) is 12.1 Å². The molecule has 0 aromatic heterocycles. The first-order valence-electron chi connectivity index (χ1n) is 6.04. The topological polar surface area (TPSA) is 77.0 Å². The summed E-state index contributed by atoms with van der Waals surface area (Å²) in [5.41, 5.74) is 1.52. The lowest BCUT2D eigenvalue weighted by molar-refractivity contribution is 0.195. The van der Waals surface area contributed by atoms with Crippen molar-refractivity contribution in [3.63, 3.8) is 0 Å². The van der Waals surface area contributed by atoms with Crippen molar-refractivity contribution in [1.29, 1.82) is 10.5 Å². The number of hydrogen-bond acceptors (Lipinski definition) is 4. The van der Waals surface area contributed by atoms with E-state index in [1.54, 1.807) is 49.4 Å². The van der Waals surface area contributed by atoms with Crippen LogP contribution in [0.1, 0.15) is 29.7 Å². The highest BCUT2D eigenvalue weighted by Crippen LogP contribution is 2.30. The van der Waals surface area contributed by atoms with Crippen molar-refractivity contribution >= 4 is 0 Å². The molecule has 0 aliphatic carbocycles. The van der Waals surface area contributed by atoms with Gasteiger partial charge in [0.2, 0.25) is 0 Å². The molecule has 20 heavy (non-hydrogen) atoms. The van der Waals surface area contributed by atoms with E-state index in [1.165, 1.54) is 0 Å². The Morgan fingerprint density at radius 3 is 2.40 bits per heavy atom. The first-order valence-corrected chi connectivity index (χ1v) is 6.04. The summed E-state index contributed by atoms with van der Waals surface area (Å²) in [6.45, 7) is 1.62. The normalized spacial score (nSPS) is 11.2. The average Bonchev–Trinajstić information content (AvgIpc) is 2.47. The van der Waals surface area contributed by atoms with Crippen LogP contribution >= 0.6 is 0 Å². The summed E-state index contributed by atoms with van der Waals surface area (Å²) < 4.78 is 5.69. The lowest BCUT2D eigenvalue weighted by Gasteiger charge is -2.13. The molecule has 0 fully saturated rings.